The molecule has 1 rings (SSSR count). The molecule has 0 fully saturated rings. The second-order valence-electron chi connectivity index (χ2n) is 4.54. The van der Waals surface area contributed by atoms with E-state index in [0.717, 1.165) is 5.56 Å². The van der Waals surface area contributed by atoms with Crippen LogP contribution < -0.4 is 11.1 Å². The van der Waals surface area contributed by atoms with Gasteiger partial charge in [0.1, 0.15) is 0 Å². The summed E-state index contributed by atoms with van der Waals surface area (Å²) in [7, 11) is 0. The Balaban J connectivity index is 2.67. The summed E-state index contributed by atoms with van der Waals surface area (Å²) in [5.41, 5.74) is 5.66. The van der Waals surface area contributed by atoms with Crippen molar-refractivity contribution in [3.05, 3.63) is 34.9 Å². The molecule has 0 aliphatic heterocycles. The predicted molar refractivity (Wildman–Crippen MR) is 66.7 cm³/mol. The first kappa shape index (κ1) is 15.3. The van der Waals surface area contributed by atoms with E-state index in [9.17, 15) is 13.2 Å². The number of hydrogen-bond donors (Lipinski definition) is 2. The Kier molecular flexibility index (Phi) is 5.01. The van der Waals surface area contributed by atoms with Crippen molar-refractivity contribution in [3.63, 3.8) is 0 Å². The average molecular weight is 281 g/mol. The Morgan fingerprint density at radius 1 is 1.22 bits per heavy atom. The van der Waals surface area contributed by atoms with Crippen LogP contribution in [0.3, 0.4) is 0 Å². The molecule has 0 aromatic heterocycles. The fourth-order valence-electron chi connectivity index (χ4n) is 1.57. The fourth-order valence-corrected chi connectivity index (χ4v) is 1.70. The summed E-state index contributed by atoms with van der Waals surface area (Å²) >= 11 is 5.75. The highest BCUT2D eigenvalue weighted by molar-refractivity contribution is 6.30. The average Bonchev–Trinajstić information content (AvgIpc) is 2.29. The van der Waals surface area contributed by atoms with Gasteiger partial charge in [-0.1, -0.05) is 23.7 Å². The molecule has 0 amide bonds. The summed E-state index contributed by atoms with van der Waals surface area (Å²) < 4.78 is 36.6. The first-order valence-corrected chi connectivity index (χ1v) is 5.88. The molecular formula is C12H16ClF3N2. The molecule has 18 heavy (non-hydrogen) atoms. The Morgan fingerprint density at radius 3 is 2.22 bits per heavy atom. The van der Waals surface area contributed by atoms with Gasteiger partial charge < -0.3 is 11.1 Å². The quantitative estimate of drug-likeness (QED) is 0.870. The highest BCUT2D eigenvalue weighted by Gasteiger charge is 2.32. The van der Waals surface area contributed by atoms with Crippen molar-refractivity contribution in [1.82, 2.24) is 5.32 Å². The van der Waals surface area contributed by atoms with Crippen LogP contribution in [0, 0.1) is 0 Å². The van der Waals surface area contributed by atoms with Gasteiger partial charge in [0.25, 0.3) is 0 Å². The van der Waals surface area contributed by atoms with Crippen molar-refractivity contribution in [2.45, 2.75) is 25.1 Å². The van der Waals surface area contributed by atoms with Crippen molar-refractivity contribution >= 4 is 11.6 Å². The lowest BCUT2D eigenvalue weighted by molar-refractivity contribution is -0.128. The van der Waals surface area contributed by atoms with E-state index in [0.29, 0.717) is 11.4 Å². The molecule has 0 spiro atoms. The summed E-state index contributed by atoms with van der Waals surface area (Å²) in [6.45, 7) is 0.743. The maximum absolute atomic E-state index is 12.2. The molecule has 0 aliphatic carbocycles. The monoisotopic (exact) mass is 280 g/mol. The van der Waals surface area contributed by atoms with Gasteiger partial charge in [0.15, 0.2) is 0 Å². The zero-order valence-corrected chi connectivity index (χ0v) is 10.8. The van der Waals surface area contributed by atoms with Gasteiger partial charge in [0.2, 0.25) is 0 Å². The summed E-state index contributed by atoms with van der Waals surface area (Å²) in [6, 6.07) is 6.98. The molecular weight excluding hydrogens is 265 g/mol. The third-order valence-corrected chi connectivity index (χ3v) is 2.93. The van der Waals surface area contributed by atoms with Crippen LogP contribution in [0.25, 0.3) is 0 Å². The molecule has 102 valence electrons. The highest BCUT2D eigenvalue weighted by atomic mass is 35.5. The van der Waals surface area contributed by atoms with Crippen LogP contribution in [-0.2, 0) is 6.42 Å². The summed E-state index contributed by atoms with van der Waals surface area (Å²) in [6.07, 6.45) is -3.83. The fraction of sp³-hybridized carbons (Fsp3) is 0.500. The molecule has 1 aromatic rings. The van der Waals surface area contributed by atoms with E-state index in [-0.39, 0.29) is 6.54 Å². The van der Waals surface area contributed by atoms with Crippen molar-refractivity contribution in [2.75, 3.05) is 13.1 Å². The summed E-state index contributed by atoms with van der Waals surface area (Å²) in [5, 5.41) is 3.06. The molecule has 1 aromatic carbocycles. The third kappa shape index (κ3) is 5.25. The van der Waals surface area contributed by atoms with Crippen LogP contribution in [0.1, 0.15) is 12.5 Å². The topological polar surface area (TPSA) is 38.0 Å². The Hall–Kier alpha value is -0.780. The standard InChI is InChI=1S/C12H16ClF3N2/c1-11(7-17,18-8-12(14,15)16)6-9-2-4-10(13)5-3-9/h2-5,18H,6-8,17H2,1H3. The van der Waals surface area contributed by atoms with E-state index in [4.69, 9.17) is 17.3 Å². The molecule has 0 aliphatic rings. The molecule has 0 bridgehead atoms. The maximum Gasteiger partial charge on any atom is 0.401 e. The zero-order chi connectivity index (χ0) is 13.8. The molecule has 3 N–H and O–H groups in total. The van der Waals surface area contributed by atoms with Crippen LogP contribution in [0.15, 0.2) is 24.3 Å². The van der Waals surface area contributed by atoms with Gasteiger partial charge in [-0.25, -0.2) is 0 Å². The highest BCUT2D eigenvalue weighted by Crippen LogP contribution is 2.18. The molecule has 0 saturated carbocycles. The Bertz CT molecular complexity index is 378. The number of rotatable bonds is 5. The molecule has 0 saturated heterocycles. The second kappa shape index (κ2) is 5.91. The van der Waals surface area contributed by atoms with Crippen molar-refractivity contribution in [2.24, 2.45) is 5.73 Å². The van der Waals surface area contributed by atoms with Crippen LogP contribution in [0.4, 0.5) is 13.2 Å². The van der Waals surface area contributed by atoms with Crippen LogP contribution >= 0.6 is 11.6 Å². The van der Waals surface area contributed by atoms with E-state index in [1.165, 1.54) is 0 Å². The normalized spacial score (nSPS) is 15.4. The number of nitrogens with one attached hydrogen (secondary N) is 1. The lowest BCUT2D eigenvalue weighted by atomic mass is 9.93. The number of benzene rings is 1. The van der Waals surface area contributed by atoms with Gasteiger partial charge >= 0.3 is 6.18 Å². The van der Waals surface area contributed by atoms with Crippen LogP contribution in [0.2, 0.25) is 5.02 Å². The molecule has 0 heterocycles. The number of alkyl halides is 3. The molecule has 1 unspecified atom stereocenters. The maximum atomic E-state index is 12.2. The minimum absolute atomic E-state index is 0.117. The van der Waals surface area contributed by atoms with Gasteiger partial charge in [0.05, 0.1) is 6.54 Å². The SMILES string of the molecule is CC(CN)(Cc1ccc(Cl)cc1)NCC(F)(F)F. The smallest absolute Gasteiger partial charge is 0.329 e. The number of halogens is 4. The molecule has 2 nitrogen and oxygen atoms in total. The van der Waals surface area contributed by atoms with E-state index in [2.05, 4.69) is 5.32 Å². The summed E-state index contributed by atoms with van der Waals surface area (Å²) in [4.78, 5) is 0. The van der Waals surface area contributed by atoms with Crippen molar-refractivity contribution < 1.29 is 13.2 Å². The largest absolute Gasteiger partial charge is 0.401 e. The van der Waals surface area contributed by atoms with Crippen molar-refractivity contribution in [3.8, 4) is 0 Å². The number of nitrogens with two attached hydrogens (primary N) is 1. The molecule has 6 heteroatoms. The van der Waals surface area contributed by atoms with Crippen LogP contribution in [-0.4, -0.2) is 24.8 Å². The van der Waals surface area contributed by atoms with Crippen LogP contribution in [0.5, 0.6) is 0 Å². The van der Waals surface area contributed by atoms with E-state index in [1.807, 2.05) is 0 Å². The Morgan fingerprint density at radius 2 is 1.78 bits per heavy atom. The third-order valence-electron chi connectivity index (χ3n) is 2.67. The molecule has 0 radical (unpaired) electrons. The number of hydrogen-bond acceptors (Lipinski definition) is 2. The minimum Gasteiger partial charge on any atom is -0.329 e. The van der Waals surface area contributed by atoms with E-state index >= 15 is 0 Å². The van der Waals surface area contributed by atoms with Gasteiger partial charge in [-0.2, -0.15) is 13.2 Å². The van der Waals surface area contributed by atoms with Crippen molar-refractivity contribution in [1.29, 1.82) is 0 Å². The van der Waals surface area contributed by atoms with E-state index in [1.54, 1.807) is 31.2 Å². The van der Waals surface area contributed by atoms with Gasteiger partial charge in [-0.05, 0) is 31.0 Å². The first-order chi connectivity index (χ1) is 8.24. The lowest BCUT2D eigenvalue weighted by Crippen LogP contribution is -2.53. The minimum atomic E-state index is -4.24. The lowest BCUT2D eigenvalue weighted by Gasteiger charge is -2.30. The first-order valence-electron chi connectivity index (χ1n) is 5.50. The van der Waals surface area contributed by atoms with Gasteiger partial charge in [0, 0.05) is 17.1 Å². The predicted octanol–water partition coefficient (Wildman–Crippen LogP) is 2.75. The van der Waals surface area contributed by atoms with Gasteiger partial charge in [-0.3, -0.25) is 0 Å². The summed E-state index contributed by atoms with van der Waals surface area (Å²) in [5.74, 6) is 0. The molecule has 1 atom stereocenters. The Labute approximate surface area is 109 Å². The zero-order valence-electron chi connectivity index (χ0n) is 10.0. The van der Waals surface area contributed by atoms with E-state index < -0.39 is 18.3 Å². The van der Waals surface area contributed by atoms with Gasteiger partial charge in [-0.15, -0.1) is 0 Å². The second-order valence-corrected chi connectivity index (χ2v) is 4.97.